The van der Waals surface area contributed by atoms with Crippen LogP contribution in [0.15, 0.2) is 18.2 Å². The fraction of sp³-hybridized carbons (Fsp3) is 0.333. The Bertz CT molecular complexity index is 275. The van der Waals surface area contributed by atoms with E-state index in [0.717, 1.165) is 0 Å². The minimum absolute atomic E-state index is 0.0105. The van der Waals surface area contributed by atoms with Gasteiger partial charge in [0.2, 0.25) is 0 Å². The van der Waals surface area contributed by atoms with Gasteiger partial charge in [0.25, 0.3) is 0 Å². The molecule has 0 fully saturated rings. The molecule has 0 heterocycles. The molecule has 12 heavy (non-hydrogen) atoms. The Hall–Kier alpha value is -0.600. The highest BCUT2D eigenvalue weighted by atomic mass is 35.5. The van der Waals surface area contributed by atoms with Crippen molar-refractivity contribution in [2.24, 2.45) is 0 Å². The smallest absolute Gasteiger partial charge is 0.128 e. The van der Waals surface area contributed by atoms with Crippen LogP contribution < -0.4 is 5.32 Å². The van der Waals surface area contributed by atoms with Crippen LogP contribution in [0.1, 0.15) is 18.5 Å². The maximum atomic E-state index is 13.1. The van der Waals surface area contributed by atoms with E-state index in [4.69, 9.17) is 11.6 Å². The third kappa shape index (κ3) is 1.96. The summed E-state index contributed by atoms with van der Waals surface area (Å²) in [4.78, 5) is 0. The van der Waals surface area contributed by atoms with Crippen molar-refractivity contribution in [1.29, 1.82) is 0 Å². The van der Waals surface area contributed by atoms with Gasteiger partial charge in [-0.25, -0.2) is 4.39 Å². The minimum atomic E-state index is -0.221. The number of benzene rings is 1. The second-order valence-corrected chi connectivity index (χ2v) is 3.11. The quantitative estimate of drug-likeness (QED) is 0.751. The average molecular weight is 188 g/mol. The van der Waals surface area contributed by atoms with E-state index < -0.39 is 0 Å². The Morgan fingerprint density at radius 2 is 2.17 bits per heavy atom. The van der Waals surface area contributed by atoms with Gasteiger partial charge in [-0.3, -0.25) is 0 Å². The van der Waals surface area contributed by atoms with E-state index in [1.807, 2.05) is 6.92 Å². The minimum Gasteiger partial charge on any atom is -0.313 e. The molecule has 1 rings (SSSR count). The number of rotatable bonds is 2. The molecule has 0 radical (unpaired) electrons. The van der Waals surface area contributed by atoms with Crippen LogP contribution in [-0.2, 0) is 0 Å². The lowest BCUT2D eigenvalue weighted by Gasteiger charge is -2.11. The number of halogens is 2. The molecule has 1 aromatic carbocycles. The van der Waals surface area contributed by atoms with Crippen LogP contribution in [0, 0.1) is 5.82 Å². The Kier molecular flexibility index (Phi) is 3.06. The van der Waals surface area contributed by atoms with Crippen LogP contribution in [0.3, 0.4) is 0 Å². The third-order valence-electron chi connectivity index (χ3n) is 1.86. The topological polar surface area (TPSA) is 12.0 Å². The van der Waals surface area contributed by atoms with E-state index in [0.29, 0.717) is 10.6 Å². The summed E-state index contributed by atoms with van der Waals surface area (Å²) < 4.78 is 13.1. The molecule has 1 atom stereocenters. The molecule has 1 aromatic rings. The normalized spacial score (nSPS) is 13.0. The van der Waals surface area contributed by atoms with Crippen molar-refractivity contribution in [3.05, 3.63) is 34.6 Å². The predicted molar refractivity (Wildman–Crippen MR) is 48.9 cm³/mol. The van der Waals surface area contributed by atoms with Crippen LogP contribution in [0.5, 0.6) is 0 Å². The first-order chi connectivity index (χ1) is 5.65. The maximum absolute atomic E-state index is 13.1. The van der Waals surface area contributed by atoms with Gasteiger partial charge in [-0.2, -0.15) is 0 Å². The monoisotopic (exact) mass is 187 g/mol. The number of nitrogens with one attached hydrogen (secondary N) is 1. The summed E-state index contributed by atoms with van der Waals surface area (Å²) in [5, 5.41) is 3.51. The summed E-state index contributed by atoms with van der Waals surface area (Å²) in [6.45, 7) is 1.88. The largest absolute Gasteiger partial charge is 0.313 e. The predicted octanol–water partition coefficient (Wildman–Crippen LogP) is 2.76. The van der Waals surface area contributed by atoms with Gasteiger partial charge in [0.1, 0.15) is 5.82 Å². The van der Waals surface area contributed by atoms with Gasteiger partial charge in [-0.15, -0.1) is 0 Å². The zero-order valence-electron chi connectivity index (χ0n) is 7.07. The standard InChI is InChI=1S/C9H11ClFN/c1-6(12-2)8-5-7(10)3-4-9(8)11/h3-6,12H,1-2H3. The molecule has 66 valence electrons. The second kappa shape index (κ2) is 3.87. The van der Waals surface area contributed by atoms with Gasteiger partial charge < -0.3 is 5.32 Å². The lowest BCUT2D eigenvalue weighted by Crippen LogP contribution is -2.13. The highest BCUT2D eigenvalue weighted by molar-refractivity contribution is 6.30. The molecule has 0 spiro atoms. The van der Waals surface area contributed by atoms with E-state index in [1.165, 1.54) is 6.07 Å². The molecular formula is C9H11ClFN. The van der Waals surface area contributed by atoms with Crippen LogP contribution in [0.25, 0.3) is 0 Å². The summed E-state index contributed by atoms with van der Waals surface area (Å²) >= 11 is 5.72. The molecule has 0 saturated heterocycles. The van der Waals surface area contributed by atoms with Crippen molar-refractivity contribution >= 4 is 11.6 Å². The van der Waals surface area contributed by atoms with E-state index in [9.17, 15) is 4.39 Å². The Labute approximate surface area is 76.5 Å². The SMILES string of the molecule is CNC(C)c1cc(Cl)ccc1F. The lowest BCUT2D eigenvalue weighted by molar-refractivity contribution is 0.562. The molecule has 1 nitrogen and oxygen atoms in total. The summed E-state index contributed by atoms with van der Waals surface area (Å²) in [5.74, 6) is -0.221. The third-order valence-corrected chi connectivity index (χ3v) is 2.09. The molecule has 1 unspecified atom stereocenters. The fourth-order valence-electron chi connectivity index (χ4n) is 1.00. The van der Waals surface area contributed by atoms with Gasteiger partial charge in [-0.1, -0.05) is 11.6 Å². The molecule has 0 saturated carbocycles. The lowest BCUT2D eigenvalue weighted by atomic mass is 10.1. The van der Waals surface area contributed by atoms with Gasteiger partial charge in [0.05, 0.1) is 0 Å². The molecule has 0 aliphatic carbocycles. The van der Waals surface area contributed by atoms with Crippen molar-refractivity contribution in [2.75, 3.05) is 7.05 Å². The van der Waals surface area contributed by atoms with Crippen molar-refractivity contribution in [3.8, 4) is 0 Å². The molecule has 0 bridgehead atoms. The van der Waals surface area contributed by atoms with E-state index >= 15 is 0 Å². The Morgan fingerprint density at radius 1 is 1.50 bits per heavy atom. The van der Waals surface area contributed by atoms with E-state index in [-0.39, 0.29) is 11.9 Å². The highest BCUT2D eigenvalue weighted by Crippen LogP contribution is 2.20. The molecule has 0 amide bonds. The van der Waals surface area contributed by atoms with Crippen LogP contribution in [0.2, 0.25) is 5.02 Å². The molecule has 3 heteroatoms. The number of hydrogen-bond donors (Lipinski definition) is 1. The van der Waals surface area contributed by atoms with Crippen molar-refractivity contribution in [1.82, 2.24) is 5.32 Å². The summed E-state index contributed by atoms with van der Waals surface area (Å²) in [5.41, 5.74) is 0.602. The first-order valence-corrected chi connectivity index (χ1v) is 4.15. The first-order valence-electron chi connectivity index (χ1n) is 3.77. The zero-order chi connectivity index (χ0) is 9.14. The first kappa shape index (κ1) is 9.49. The summed E-state index contributed by atoms with van der Waals surface area (Å²) in [6.07, 6.45) is 0. The van der Waals surface area contributed by atoms with Crippen molar-refractivity contribution in [3.63, 3.8) is 0 Å². The molecular weight excluding hydrogens is 177 g/mol. The average Bonchev–Trinajstić information content (AvgIpc) is 2.08. The van der Waals surface area contributed by atoms with Gasteiger partial charge in [0.15, 0.2) is 0 Å². The van der Waals surface area contributed by atoms with E-state index in [2.05, 4.69) is 5.32 Å². The van der Waals surface area contributed by atoms with Gasteiger partial charge in [-0.05, 0) is 32.2 Å². The Morgan fingerprint density at radius 3 is 2.75 bits per heavy atom. The van der Waals surface area contributed by atoms with E-state index in [1.54, 1.807) is 19.2 Å². The Balaban J connectivity index is 3.04. The summed E-state index contributed by atoms with van der Waals surface area (Å²) in [7, 11) is 1.78. The van der Waals surface area contributed by atoms with Crippen LogP contribution in [-0.4, -0.2) is 7.05 Å². The molecule has 1 N–H and O–H groups in total. The fourth-order valence-corrected chi connectivity index (χ4v) is 1.18. The second-order valence-electron chi connectivity index (χ2n) is 2.68. The summed E-state index contributed by atoms with van der Waals surface area (Å²) in [6, 6.07) is 4.55. The molecule has 0 aliphatic heterocycles. The van der Waals surface area contributed by atoms with Crippen LogP contribution in [0.4, 0.5) is 4.39 Å². The zero-order valence-corrected chi connectivity index (χ0v) is 7.82. The van der Waals surface area contributed by atoms with Crippen molar-refractivity contribution < 1.29 is 4.39 Å². The molecule has 0 aliphatic rings. The number of hydrogen-bond acceptors (Lipinski definition) is 1. The maximum Gasteiger partial charge on any atom is 0.128 e. The van der Waals surface area contributed by atoms with Gasteiger partial charge in [0, 0.05) is 16.6 Å². The van der Waals surface area contributed by atoms with Gasteiger partial charge >= 0.3 is 0 Å². The van der Waals surface area contributed by atoms with Crippen molar-refractivity contribution in [2.45, 2.75) is 13.0 Å². The highest BCUT2D eigenvalue weighted by Gasteiger charge is 2.08. The molecule has 0 aromatic heterocycles. The van der Waals surface area contributed by atoms with Crippen LogP contribution >= 0.6 is 11.6 Å².